The average Bonchev–Trinajstić information content (AvgIpc) is 3.82. The van der Waals surface area contributed by atoms with Crippen LogP contribution in [0, 0.1) is 25.2 Å². The van der Waals surface area contributed by atoms with Crippen molar-refractivity contribution in [1.82, 2.24) is 14.5 Å². The molecule has 51 heavy (non-hydrogen) atoms. The molecule has 0 amide bonds. The minimum atomic E-state index is -2.18. The molecule has 0 aliphatic carbocycles. The summed E-state index contributed by atoms with van der Waals surface area (Å²) in [5, 5.41) is 4.53. The zero-order chi connectivity index (χ0) is 39.7. The van der Waals surface area contributed by atoms with E-state index in [2.05, 4.69) is 106 Å². The molecular formula is C46H33IrN3S-2. The molecule has 3 nitrogen and oxygen atoms in total. The van der Waals surface area contributed by atoms with E-state index in [4.69, 9.17) is 14.6 Å². The van der Waals surface area contributed by atoms with Gasteiger partial charge >= 0.3 is 0 Å². The van der Waals surface area contributed by atoms with Gasteiger partial charge in [-0.2, -0.15) is 0 Å². The SMILES string of the molecule is [2H]C([2H])([2H])c1c[c-]c(-c2ccc(C([2H])([2H])[2H])cn2)cc1.[2H]c1ccc2s[c-]c(-c3nc4ccccc4n3-c3c(-c4ccccc4)cccc3-c3ccccc3)c2c1.[Ir]. The number of hydrogen-bond donors (Lipinski definition) is 0. The molecule has 0 spiro atoms. The third-order valence-electron chi connectivity index (χ3n) is 8.42. The normalized spacial score (nSPS) is 13.3. The molecule has 0 saturated carbocycles. The summed E-state index contributed by atoms with van der Waals surface area (Å²) < 4.78 is 55.3. The van der Waals surface area contributed by atoms with Gasteiger partial charge < -0.3 is 9.55 Å². The molecule has 3 heterocycles. The predicted molar refractivity (Wildman–Crippen MR) is 210 cm³/mol. The third kappa shape index (κ3) is 6.97. The number of thiophene rings is 1. The van der Waals surface area contributed by atoms with E-state index in [0.29, 0.717) is 17.3 Å². The molecule has 0 N–H and O–H groups in total. The van der Waals surface area contributed by atoms with E-state index < -0.39 is 13.7 Å². The van der Waals surface area contributed by atoms with E-state index in [1.165, 1.54) is 24.4 Å². The van der Waals surface area contributed by atoms with Gasteiger partial charge in [0.1, 0.15) is 0 Å². The van der Waals surface area contributed by atoms with Gasteiger partial charge in [0.25, 0.3) is 0 Å². The molecule has 6 aromatic carbocycles. The van der Waals surface area contributed by atoms with Crippen LogP contribution in [0.3, 0.4) is 0 Å². The summed E-state index contributed by atoms with van der Waals surface area (Å²) in [5.74, 6) is 0.832. The Morgan fingerprint density at radius 2 is 1.39 bits per heavy atom. The molecule has 0 saturated heterocycles. The summed E-state index contributed by atoms with van der Waals surface area (Å²) in [7, 11) is 0. The van der Waals surface area contributed by atoms with Crippen LogP contribution in [0.1, 0.15) is 20.7 Å². The molecule has 9 rings (SSSR count). The molecule has 0 atom stereocenters. The summed E-state index contributed by atoms with van der Waals surface area (Å²) in [5.41, 5.74) is 10.1. The minimum Gasteiger partial charge on any atom is -0.332 e. The Balaban J connectivity index is 0.000000208. The van der Waals surface area contributed by atoms with Crippen molar-refractivity contribution in [3.63, 3.8) is 0 Å². The van der Waals surface area contributed by atoms with Gasteiger partial charge in [0, 0.05) is 45.7 Å². The Labute approximate surface area is 326 Å². The topological polar surface area (TPSA) is 30.7 Å². The minimum absolute atomic E-state index is 0. The number of imidazole rings is 1. The maximum absolute atomic E-state index is 8.26. The van der Waals surface area contributed by atoms with Crippen LogP contribution in [-0.4, -0.2) is 14.5 Å². The van der Waals surface area contributed by atoms with Crippen molar-refractivity contribution in [2.75, 3.05) is 0 Å². The number of nitrogens with zero attached hydrogens (tertiary/aromatic N) is 3. The van der Waals surface area contributed by atoms with Crippen molar-refractivity contribution in [3.8, 4) is 50.6 Å². The first-order valence-electron chi connectivity index (χ1n) is 19.6. The molecule has 5 heteroatoms. The van der Waals surface area contributed by atoms with Gasteiger partial charge in [0.15, 0.2) is 0 Å². The standard InChI is InChI=1S/C33H21N2S.C13H12N.Ir/c1-3-12-23(13-4-1)25-17-11-18-26(24-14-5-2-6-15-24)32(25)35-30-20-9-8-19-29(30)34-33(35)28-22-36-31-21-10-7-16-27(28)31;1-10-3-6-12(7-4-10)13-8-5-11(2)9-14-13;/h1-21H;3-6,8-9H,1-2H3;/q2*-1;/i7D;1D3,2D3;. The number of hydrogen-bond acceptors (Lipinski definition) is 3. The summed E-state index contributed by atoms with van der Waals surface area (Å²) in [6.07, 6.45) is 1.30. The number of benzene rings is 6. The first-order valence-corrected chi connectivity index (χ1v) is 16.9. The van der Waals surface area contributed by atoms with Crippen LogP contribution in [0.2, 0.25) is 0 Å². The van der Waals surface area contributed by atoms with Crippen LogP contribution in [0.25, 0.3) is 71.7 Å². The van der Waals surface area contributed by atoms with Crippen LogP contribution in [0.4, 0.5) is 0 Å². The number of pyridine rings is 1. The molecule has 0 aliphatic heterocycles. The van der Waals surface area contributed by atoms with Crippen LogP contribution in [0.15, 0.2) is 164 Å². The van der Waals surface area contributed by atoms with E-state index in [1.807, 2.05) is 36.4 Å². The van der Waals surface area contributed by atoms with Crippen molar-refractivity contribution >= 4 is 32.5 Å². The van der Waals surface area contributed by atoms with Crippen LogP contribution in [0.5, 0.6) is 0 Å². The Bertz CT molecular complexity index is 2700. The zero-order valence-corrected chi connectivity index (χ0v) is 30.3. The molecule has 0 unspecified atom stereocenters. The van der Waals surface area contributed by atoms with E-state index >= 15 is 0 Å². The first-order chi connectivity index (χ1) is 27.5. The van der Waals surface area contributed by atoms with Crippen LogP contribution >= 0.6 is 11.3 Å². The summed E-state index contributed by atoms with van der Waals surface area (Å²) in [6, 6.07) is 52.5. The summed E-state index contributed by atoms with van der Waals surface area (Å²) >= 11 is 1.57. The molecule has 9 aromatic rings. The Hall–Kier alpha value is -5.45. The van der Waals surface area contributed by atoms with Crippen molar-refractivity contribution in [3.05, 3.63) is 186 Å². The fourth-order valence-electron chi connectivity index (χ4n) is 6.07. The van der Waals surface area contributed by atoms with Gasteiger partial charge in [-0.1, -0.05) is 144 Å². The molecule has 0 bridgehead atoms. The molecule has 249 valence electrons. The second kappa shape index (κ2) is 15.2. The fourth-order valence-corrected chi connectivity index (χ4v) is 6.89. The number of rotatable bonds is 5. The summed E-state index contributed by atoms with van der Waals surface area (Å²) in [4.78, 5) is 9.23. The summed E-state index contributed by atoms with van der Waals surface area (Å²) in [6.45, 7) is -4.34. The van der Waals surface area contributed by atoms with Gasteiger partial charge in [0.2, 0.25) is 0 Å². The number of aromatic nitrogens is 3. The van der Waals surface area contributed by atoms with E-state index in [9.17, 15) is 0 Å². The van der Waals surface area contributed by atoms with Gasteiger partial charge in [-0.25, -0.2) is 0 Å². The third-order valence-corrected chi connectivity index (χ3v) is 9.30. The van der Waals surface area contributed by atoms with Crippen LogP contribution in [-0.2, 0) is 20.1 Å². The van der Waals surface area contributed by atoms with Crippen molar-refractivity contribution < 1.29 is 29.7 Å². The van der Waals surface area contributed by atoms with Gasteiger partial charge in [-0.05, 0) is 41.4 Å². The number of para-hydroxylation sites is 3. The fraction of sp³-hybridized carbons (Fsp3) is 0.0435. The van der Waals surface area contributed by atoms with Gasteiger partial charge in [0.05, 0.1) is 23.9 Å². The van der Waals surface area contributed by atoms with Crippen molar-refractivity contribution in [1.29, 1.82) is 0 Å². The van der Waals surface area contributed by atoms with Gasteiger partial charge in [-0.3, -0.25) is 16.3 Å². The Morgan fingerprint density at radius 1 is 0.686 bits per heavy atom. The van der Waals surface area contributed by atoms with Crippen LogP contribution < -0.4 is 0 Å². The van der Waals surface area contributed by atoms with Gasteiger partial charge in [-0.15, -0.1) is 46.8 Å². The maximum atomic E-state index is 8.26. The number of fused-ring (bicyclic) bond motifs is 2. The quantitative estimate of drug-likeness (QED) is 0.161. The number of aryl methyl sites for hydroxylation is 2. The Morgan fingerprint density at radius 3 is 2.06 bits per heavy atom. The smallest absolute Gasteiger partial charge is 0.0774 e. The maximum Gasteiger partial charge on any atom is 0.0774 e. The second-order valence-corrected chi connectivity index (χ2v) is 12.5. The Kier molecular flexibility index (Phi) is 7.86. The average molecular weight is 859 g/mol. The molecule has 1 radical (unpaired) electrons. The zero-order valence-electron chi connectivity index (χ0n) is 34.1. The monoisotopic (exact) mass is 859 g/mol. The molecule has 3 aromatic heterocycles. The van der Waals surface area contributed by atoms with E-state index in [0.717, 1.165) is 60.4 Å². The molecule has 0 fully saturated rings. The first kappa shape index (κ1) is 26.4. The van der Waals surface area contributed by atoms with E-state index in [1.54, 1.807) is 23.5 Å². The largest absolute Gasteiger partial charge is 0.332 e. The van der Waals surface area contributed by atoms with Crippen molar-refractivity contribution in [2.45, 2.75) is 13.7 Å². The second-order valence-electron chi connectivity index (χ2n) is 11.6. The predicted octanol–water partition coefficient (Wildman–Crippen LogP) is 12.2. The molecule has 0 aliphatic rings. The van der Waals surface area contributed by atoms with E-state index in [-0.39, 0.29) is 31.2 Å². The molecular weight excluding hydrogens is 819 g/mol. The van der Waals surface area contributed by atoms with Crippen molar-refractivity contribution in [2.24, 2.45) is 0 Å².